The number of hydrogen-bond donors (Lipinski definition) is 3. The molecule has 7 heteroatoms. The maximum Gasteiger partial charge on any atom is 0.270 e. The van der Waals surface area contributed by atoms with E-state index in [4.69, 9.17) is 12.2 Å². The smallest absolute Gasteiger partial charge is 0.270 e. The lowest BCUT2D eigenvalue weighted by Gasteiger charge is -2.10. The molecule has 0 aliphatic rings. The van der Waals surface area contributed by atoms with Gasteiger partial charge in [0.25, 0.3) is 5.91 Å². The van der Waals surface area contributed by atoms with Gasteiger partial charge in [0.2, 0.25) is 5.91 Å². The summed E-state index contributed by atoms with van der Waals surface area (Å²) in [4.78, 5) is 24.2. The van der Waals surface area contributed by atoms with Gasteiger partial charge in [-0.1, -0.05) is 54.6 Å². The van der Waals surface area contributed by atoms with Crippen LogP contribution in [0.4, 0.5) is 0 Å². The van der Waals surface area contributed by atoms with Crippen LogP contribution in [-0.2, 0) is 4.79 Å². The van der Waals surface area contributed by atoms with Crippen LogP contribution in [0.25, 0.3) is 16.8 Å². The van der Waals surface area contributed by atoms with Gasteiger partial charge in [-0.2, -0.15) is 0 Å². The highest BCUT2D eigenvalue weighted by molar-refractivity contribution is 9.10. The monoisotopic (exact) mass is 453 g/mol. The Morgan fingerprint density at radius 3 is 2.43 bits per heavy atom. The molecule has 0 radical (unpaired) electrons. The number of benzene rings is 3. The van der Waals surface area contributed by atoms with E-state index in [2.05, 4.69) is 32.1 Å². The molecule has 0 atom stereocenters. The van der Waals surface area contributed by atoms with Crippen molar-refractivity contribution in [2.75, 3.05) is 0 Å². The predicted octanol–water partition coefficient (Wildman–Crippen LogP) is 3.95. The molecule has 0 fully saturated rings. The highest BCUT2D eigenvalue weighted by atomic mass is 79.9. The molecule has 3 aromatic rings. The summed E-state index contributed by atoms with van der Waals surface area (Å²) in [5, 5.41) is 4.63. The first-order valence-electron chi connectivity index (χ1n) is 8.36. The van der Waals surface area contributed by atoms with Gasteiger partial charge in [0.05, 0.1) is 5.56 Å². The summed E-state index contributed by atoms with van der Waals surface area (Å²) in [7, 11) is 0. The van der Waals surface area contributed by atoms with Gasteiger partial charge in [0.1, 0.15) is 0 Å². The molecule has 0 spiro atoms. The Morgan fingerprint density at radius 1 is 0.893 bits per heavy atom. The summed E-state index contributed by atoms with van der Waals surface area (Å²) in [6.07, 6.45) is 3.12. The number of hydrogen-bond acceptors (Lipinski definition) is 3. The molecule has 0 aromatic heterocycles. The van der Waals surface area contributed by atoms with Gasteiger partial charge in [-0.15, -0.1) is 0 Å². The summed E-state index contributed by atoms with van der Waals surface area (Å²) in [6.45, 7) is 0. The van der Waals surface area contributed by atoms with Gasteiger partial charge < -0.3 is 0 Å². The SMILES string of the molecule is O=C(/C=C/c1cccc2ccccc12)NC(=S)NNC(=O)c1ccccc1Br. The van der Waals surface area contributed by atoms with Crippen molar-refractivity contribution >= 4 is 61.9 Å². The standard InChI is InChI=1S/C21H16BrN3O2S/c22-18-11-4-3-10-17(18)20(27)24-25-21(28)23-19(26)13-12-15-8-5-7-14-6-1-2-9-16(14)15/h1-13H,(H,24,27)(H2,23,25,26,28)/b13-12+. The lowest BCUT2D eigenvalue weighted by molar-refractivity contribution is -0.115. The first kappa shape index (κ1) is 19.7. The zero-order valence-electron chi connectivity index (χ0n) is 14.6. The molecule has 0 unspecified atom stereocenters. The van der Waals surface area contributed by atoms with Crippen LogP contribution in [-0.4, -0.2) is 16.9 Å². The molecule has 0 aliphatic carbocycles. The topological polar surface area (TPSA) is 70.2 Å². The second-order valence-corrected chi connectivity index (χ2v) is 7.04. The molecule has 5 nitrogen and oxygen atoms in total. The van der Waals surface area contributed by atoms with Gasteiger partial charge in [-0.25, -0.2) is 0 Å². The summed E-state index contributed by atoms with van der Waals surface area (Å²) < 4.78 is 0.655. The Morgan fingerprint density at radius 2 is 1.61 bits per heavy atom. The molecule has 0 bridgehead atoms. The summed E-state index contributed by atoms with van der Waals surface area (Å²) in [6, 6.07) is 20.8. The minimum Gasteiger partial charge on any atom is -0.298 e. The molecule has 0 saturated heterocycles. The number of hydrazine groups is 1. The van der Waals surface area contributed by atoms with Gasteiger partial charge in [-0.05, 0) is 62.7 Å². The predicted molar refractivity (Wildman–Crippen MR) is 118 cm³/mol. The van der Waals surface area contributed by atoms with Crippen LogP contribution in [0.15, 0.2) is 77.3 Å². The average Bonchev–Trinajstić information content (AvgIpc) is 2.70. The largest absolute Gasteiger partial charge is 0.298 e. The maximum atomic E-state index is 12.1. The molecule has 3 rings (SSSR count). The highest BCUT2D eigenvalue weighted by Crippen LogP contribution is 2.19. The quantitative estimate of drug-likeness (QED) is 0.319. The molecule has 3 N–H and O–H groups in total. The number of amides is 2. The normalized spacial score (nSPS) is 10.6. The van der Waals surface area contributed by atoms with E-state index < -0.39 is 5.91 Å². The number of thiocarbonyl (C=S) groups is 1. The molecule has 0 heterocycles. The zero-order chi connectivity index (χ0) is 19.9. The zero-order valence-corrected chi connectivity index (χ0v) is 17.0. The molecule has 2 amide bonds. The third kappa shape index (κ3) is 5.03. The second kappa shape index (κ2) is 9.25. The number of fused-ring (bicyclic) bond motifs is 1. The average molecular weight is 454 g/mol. The first-order chi connectivity index (χ1) is 13.5. The summed E-state index contributed by atoms with van der Waals surface area (Å²) in [5.74, 6) is -0.782. The number of rotatable bonds is 3. The van der Waals surface area contributed by atoms with E-state index >= 15 is 0 Å². The van der Waals surface area contributed by atoms with Crippen molar-refractivity contribution in [2.24, 2.45) is 0 Å². The van der Waals surface area contributed by atoms with Crippen molar-refractivity contribution in [1.82, 2.24) is 16.2 Å². The summed E-state index contributed by atoms with van der Waals surface area (Å²) >= 11 is 8.34. The number of halogens is 1. The Balaban J connectivity index is 1.56. The third-order valence-electron chi connectivity index (χ3n) is 3.88. The minimum absolute atomic E-state index is 0.00651. The van der Waals surface area contributed by atoms with Crippen LogP contribution in [0.5, 0.6) is 0 Å². The fourth-order valence-corrected chi connectivity index (χ4v) is 3.19. The van der Waals surface area contributed by atoms with Crippen LogP contribution < -0.4 is 16.2 Å². The van der Waals surface area contributed by atoms with Gasteiger partial charge in [-0.3, -0.25) is 25.8 Å². The van der Waals surface area contributed by atoms with Crippen LogP contribution >= 0.6 is 28.1 Å². The van der Waals surface area contributed by atoms with Crippen LogP contribution in [0, 0.1) is 0 Å². The maximum absolute atomic E-state index is 12.1. The fraction of sp³-hybridized carbons (Fsp3) is 0. The van der Waals surface area contributed by atoms with Crippen molar-refractivity contribution in [3.05, 3.63) is 88.4 Å². The molecular weight excluding hydrogens is 438 g/mol. The van der Waals surface area contributed by atoms with Crippen molar-refractivity contribution in [3.8, 4) is 0 Å². The molecule has 0 saturated carbocycles. The van der Waals surface area contributed by atoms with Crippen molar-refractivity contribution in [3.63, 3.8) is 0 Å². The van der Waals surface area contributed by atoms with E-state index in [-0.39, 0.29) is 11.0 Å². The molecule has 0 aliphatic heterocycles. The van der Waals surface area contributed by atoms with Crippen molar-refractivity contribution in [1.29, 1.82) is 0 Å². The number of nitrogens with one attached hydrogen (secondary N) is 3. The van der Waals surface area contributed by atoms with Crippen LogP contribution in [0.2, 0.25) is 0 Å². The summed E-state index contributed by atoms with van der Waals surface area (Å²) in [5.41, 5.74) is 6.33. The van der Waals surface area contributed by atoms with Crippen LogP contribution in [0.1, 0.15) is 15.9 Å². The van der Waals surface area contributed by atoms with Gasteiger partial charge >= 0.3 is 0 Å². The van der Waals surface area contributed by atoms with E-state index in [1.54, 1.807) is 30.3 Å². The van der Waals surface area contributed by atoms with E-state index in [0.29, 0.717) is 10.0 Å². The fourth-order valence-electron chi connectivity index (χ4n) is 2.57. The van der Waals surface area contributed by atoms with E-state index in [1.807, 2.05) is 42.5 Å². The lowest BCUT2D eigenvalue weighted by atomic mass is 10.0. The molecule has 140 valence electrons. The van der Waals surface area contributed by atoms with Gasteiger partial charge in [0.15, 0.2) is 5.11 Å². The Hall–Kier alpha value is -3.03. The van der Waals surface area contributed by atoms with Crippen molar-refractivity contribution in [2.45, 2.75) is 0 Å². The Kier molecular flexibility index (Phi) is 6.52. The molecular formula is C21H16BrN3O2S. The lowest BCUT2D eigenvalue weighted by Crippen LogP contribution is -2.48. The Bertz CT molecular complexity index is 1080. The Labute approximate surface area is 175 Å². The van der Waals surface area contributed by atoms with Crippen LogP contribution in [0.3, 0.4) is 0 Å². The second-order valence-electron chi connectivity index (χ2n) is 5.78. The van der Waals surface area contributed by atoms with E-state index in [0.717, 1.165) is 16.3 Å². The highest BCUT2D eigenvalue weighted by Gasteiger charge is 2.09. The van der Waals surface area contributed by atoms with Gasteiger partial charge in [0, 0.05) is 10.5 Å². The van der Waals surface area contributed by atoms with E-state index in [1.165, 1.54) is 6.08 Å². The molecule has 28 heavy (non-hydrogen) atoms. The first-order valence-corrected chi connectivity index (χ1v) is 9.56. The minimum atomic E-state index is -0.402. The van der Waals surface area contributed by atoms with E-state index in [9.17, 15) is 9.59 Å². The third-order valence-corrected chi connectivity index (χ3v) is 4.78. The molecule has 3 aromatic carbocycles. The number of carbonyl (C=O) groups is 2. The number of carbonyl (C=O) groups excluding carboxylic acids is 2. The van der Waals surface area contributed by atoms with Crippen molar-refractivity contribution < 1.29 is 9.59 Å².